The molecule has 0 aliphatic heterocycles. The molecule has 0 bridgehead atoms. The van der Waals surface area contributed by atoms with Crippen molar-refractivity contribution >= 4 is 11.9 Å². The van der Waals surface area contributed by atoms with Crippen LogP contribution in [0.5, 0.6) is 5.75 Å². The molecule has 1 amide bonds. The van der Waals surface area contributed by atoms with Gasteiger partial charge in [0.1, 0.15) is 0 Å². The number of hydrogen-bond acceptors (Lipinski definition) is 3. The van der Waals surface area contributed by atoms with Crippen LogP contribution in [0.15, 0.2) is 18.2 Å². The average Bonchev–Trinajstić information content (AvgIpc) is 2.44. The fraction of sp³-hybridized carbons (Fsp3) is 0.467. The van der Waals surface area contributed by atoms with Crippen LogP contribution in [0, 0.1) is 5.82 Å². The molecule has 116 valence electrons. The number of carboxylic acids is 1. The highest BCUT2D eigenvalue weighted by atomic mass is 19.1. The van der Waals surface area contributed by atoms with Gasteiger partial charge in [0.25, 0.3) is 5.91 Å². The summed E-state index contributed by atoms with van der Waals surface area (Å²) in [7, 11) is 0. The summed E-state index contributed by atoms with van der Waals surface area (Å²) in [5.74, 6) is -1.81. The minimum absolute atomic E-state index is 0.0385. The van der Waals surface area contributed by atoms with Crippen LogP contribution in [0.4, 0.5) is 4.39 Å². The molecule has 5 nitrogen and oxygen atoms in total. The Kier molecular flexibility index (Phi) is 7.21. The quantitative estimate of drug-likeness (QED) is 0.687. The van der Waals surface area contributed by atoms with E-state index >= 15 is 0 Å². The third kappa shape index (κ3) is 5.81. The zero-order valence-electron chi connectivity index (χ0n) is 12.0. The van der Waals surface area contributed by atoms with Gasteiger partial charge in [-0.3, -0.25) is 9.59 Å². The van der Waals surface area contributed by atoms with E-state index in [4.69, 9.17) is 9.84 Å². The van der Waals surface area contributed by atoms with E-state index in [0.29, 0.717) is 25.8 Å². The number of amides is 1. The van der Waals surface area contributed by atoms with Gasteiger partial charge in [-0.25, -0.2) is 4.39 Å². The van der Waals surface area contributed by atoms with Crippen molar-refractivity contribution in [2.75, 3.05) is 13.2 Å². The van der Waals surface area contributed by atoms with E-state index in [0.717, 1.165) is 0 Å². The predicted molar refractivity (Wildman–Crippen MR) is 76.0 cm³/mol. The van der Waals surface area contributed by atoms with E-state index in [9.17, 15) is 14.0 Å². The molecule has 0 saturated heterocycles. The Morgan fingerprint density at radius 3 is 2.71 bits per heavy atom. The van der Waals surface area contributed by atoms with Gasteiger partial charge in [-0.2, -0.15) is 0 Å². The van der Waals surface area contributed by atoms with Gasteiger partial charge in [-0.05, 0) is 31.9 Å². The Hall–Kier alpha value is -2.11. The minimum atomic E-state index is -0.819. The molecular weight excluding hydrogens is 277 g/mol. The van der Waals surface area contributed by atoms with Crippen molar-refractivity contribution in [1.29, 1.82) is 0 Å². The molecular formula is C15H20FNO4. The molecule has 0 aliphatic carbocycles. The number of hydrogen-bond donors (Lipinski definition) is 2. The molecule has 1 aromatic carbocycles. The molecule has 1 rings (SSSR count). The summed E-state index contributed by atoms with van der Waals surface area (Å²) in [6.07, 6.45) is 2.11. The van der Waals surface area contributed by atoms with Crippen LogP contribution in [-0.4, -0.2) is 30.1 Å². The van der Waals surface area contributed by atoms with Crippen molar-refractivity contribution in [2.45, 2.75) is 32.6 Å². The maximum atomic E-state index is 13.6. The summed E-state index contributed by atoms with van der Waals surface area (Å²) in [6, 6.07) is 4.21. The number of aliphatic carboxylic acids is 1. The van der Waals surface area contributed by atoms with Gasteiger partial charge >= 0.3 is 5.97 Å². The highest BCUT2D eigenvalue weighted by Gasteiger charge is 2.15. The van der Waals surface area contributed by atoms with Gasteiger partial charge in [0.15, 0.2) is 11.6 Å². The molecule has 0 saturated carbocycles. The van der Waals surface area contributed by atoms with Crippen LogP contribution < -0.4 is 10.1 Å². The van der Waals surface area contributed by atoms with E-state index < -0.39 is 17.7 Å². The van der Waals surface area contributed by atoms with Crippen molar-refractivity contribution in [2.24, 2.45) is 0 Å². The number of unbranched alkanes of at least 4 members (excludes halogenated alkanes) is 2. The van der Waals surface area contributed by atoms with Gasteiger partial charge in [0.2, 0.25) is 0 Å². The van der Waals surface area contributed by atoms with E-state index in [1.165, 1.54) is 18.2 Å². The van der Waals surface area contributed by atoms with E-state index in [-0.39, 0.29) is 24.3 Å². The van der Waals surface area contributed by atoms with Crippen molar-refractivity contribution in [1.82, 2.24) is 5.32 Å². The zero-order valence-corrected chi connectivity index (χ0v) is 12.0. The predicted octanol–water partition coefficient (Wildman–Crippen LogP) is 2.60. The van der Waals surface area contributed by atoms with Gasteiger partial charge in [-0.1, -0.05) is 12.5 Å². The number of benzene rings is 1. The van der Waals surface area contributed by atoms with Gasteiger partial charge in [0, 0.05) is 13.0 Å². The number of para-hydroxylation sites is 1. The van der Waals surface area contributed by atoms with Gasteiger partial charge in [0.05, 0.1) is 12.2 Å². The lowest BCUT2D eigenvalue weighted by atomic mass is 10.1. The molecule has 2 N–H and O–H groups in total. The van der Waals surface area contributed by atoms with Crippen LogP contribution in [0.3, 0.4) is 0 Å². The lowest BCUT2D eigenvalue weighted by molar-refractivity contribution is -0.137. The first-order valence-corrected chi connectivity index (χ1v) is 6.97. The molecule has 0 aliphatic rings. The first-order valence-electron chi connectivity index (χ1n) is 6.97. The largest absolute Gasteiger partial charge is 0.490 e. The van der Waals surface area contributed by atoms with Crippen molar-refractivity contribution < 1.29 is 23.8 Å². The zero-order chi connectivity index (χ0) is 15.7. The SMILES string of the molecule is CCOc1c(F)cccc1C(=O)NCCCCCC(=O)O. The van der Waals surface area contributed by atoms with Crippen LogP contribution in [0.25, 0.3) is 0 Å². The Labute approximate surface area is 123 Å². The summed E-state index contributed by atoms with van der Waals surface area (Å²) < 4.78 is 18.8. The molecule has 0 unspecified atom stereocenters. The number of carboxylic acid groups (broad SMARTS) is 1. The number of halogens is 1. The summed E-state index contributed by atoms with van der Waals surface area (Å²) in [4.78, 5) is 22.3. The first-order chi connectivity index (χ1) is 10.1. The standard InChI is InChI=1S/C15H20FNO4/c1-2-21-14-11(7-6-8-12(14)16)15(20)17-10-5-3-4-9-13(18)19/h6-8H,2-5,9-10H2,1H3,(H,17,20)(H,18,19). The number of carbonyl (C=O) groups is 2. The van der Waals surface area contributed by atoms with E-state index in [1.807, 2.05) is 0 Å². The number of ether oxygens (including phenoxy) is 1. The lowest BCUT2D eigenvalue weighted by Gasteiger charge is -2.11. The van der Waals surface area contributed by atoms with Crippen LogP contribution in [0.1, 0.15) is 43.0 Å². The third-order valence-corrected chi connectivity index (χ3v) is 2.85. The van der Waals surface area contributed by atoms with Crippen molar-refractivity contribution in [3.05, 3.63) is 29.6 Å². The summed E-state index contributed by atoms with van der Waals surface area (Å²) in [5.41, 5.74) is 0.169. The normalized spacial score (nSPS) is 10.2. The Morgan fingerprint density at radius 2 is 2.05 bits per heavy atom. The summed E-state index contributed by atoms with van der Waals surface area (Å²) in [6.45, 7) is 2.41. The lowest BCUT2D eigenvalue weighted by Crippen LogP contribution is -2.25. The Bertz CT molecular complexity index is 491. The van der Waals surface area contributed by atoms with Gasteiger partial charge < -0.3 is 15.2 Å². The summed E-state index contributed by atoms with van der Waals surface area (Å²) >= 11 is 0. The maximum Gasteiger partial charge on any atom is 0.303 e. The molecule has 0 radical (unpaired) electrons. The molecule has 0 aromatic heterocycles. The molecule has 0 atom stereocenters. The second kappa shape index (κ2) is 8.94. The smallest absolute Gasteiger partial charge is 0.303 e. The van der Waals surface area contributed by atoms with Gasteiger partial charge in [-0.15, -0.1) is 0 Å². The minimum Gasteiger partial charge on any atom is -0.490 e. The molecule has 21 heavy (non-hydrogen) atoms. The monoisotopic (exact) mass is 297 g/mol. The average molecular weight is 297 g/mol. The fourth-order valence-corrected chi connectivity index (χ4v) is 1.85. The molecule has 0 spiro atoms. The summed E-state index contributed by atoms with van der Waals surface area (Å²) in [5, 5.41) is 11.2. The molecule has 6 heteroatoms. The molecule has 1 aromatic rings. The van der Waals surface area contributed by atoms with E-state index in [1.54, 1.807) is 6.92 Å². The first kappa shape index (κ1) is 16.9. The topological polar surface area (TPSA) is 75.6 Å². The van der Waals surface area contributed by atoms with Crippen LogP contribution >= 0.6 is 0 Å². The maximum absolute atomic E-state index is 13.6. The molecule has 0 fully saturated rings. The number of rotatable bonds is 9. The van der Waals surface area contributed by atoms with Crippen molar-refractivity contribution in [3.8, 4) is 5.75 Å². The fourth-order valence-electron chi connectivity index (χ4n) is 1.85. The van der Waals surface area contributed by atoms with E-state index in [2.05, 4.69) is 5.32 Å². The second-order valence-electron chi connectivity index (χ2n) is 4.51. The highest BCUT2D eigenvalue weighted by molar-refractivity contribution is 5.96. The molecule has 0 heterocycles. The highest BCUT2D eigenvalue weighted by Crippen LogP contribution is 2.22. The van der Waals surface area contributed by atoms with Crippen LogP contribution in [0.2, 0.25) is 0 Å². The Balaban J connectivity index is 2.45. The van der Waals surface area contributed by atoms with Crippen molar-refractivity contribution in [3.63, 3.8) is 0 Å². The number of carbonyl (C=O) groups excluding carboxylic acids is 1. The van der Waals surface area contributed by atoms with Crippen LogP contribution in [-0.2, 0) is 4.79 Å². The number of nitrogens with one attached hydrogen (secondary N) is 1. The third-order valence-electron chi connectivity index (χ3n) is 2.85. The Morgan fingerprint density at radius 1 is 1.29 bits per heavy atom. The second-order valence-corrected chi connectivity index (χ2v) is 4.51.